The Morgan fingerprint density at radius 3 is 2.53 bits per heavy atom. The van der Waals surface area contributed by atoms with Crippen LogP contribution >= 0.6 is 0 Å². The first kappa shape index (κ1) is 13.1. The van der Waals surface area contributed by atoms with Crippen LogP contribution in [0, 0.1) is 0 Å². The summed E-state index contributed by atoms with van der Waals surface area (Å²) < 4.78 is 1.54. The first-order chi connectivity index (χ1) is 9.16. The summed E-state index contributed by atoms with van der Waals surface area (Å²) in [5, 5.41) is 8.78. The molecule has 2 rings (SSSR count). The largest absolute Gasteiger partial charge is 0.478 e. The predicted octanol–water partition coefficient (Wildman–Crippen LogP) is 2.18. The highest BCUT2D eigenvalue weighted by atomic mass is 16.4. The number of aryl methyl sites for hydroxylation is 2. The Hall–Kier alpha value is -2.36. The molecule has 0 aliphatic heterocycles. The van der Waals surface area contributed by atoms with Gasteiger partial charge in [-0.1, -0.05) is 30.3 Å². The zero-order valence-corrected chi connectivity index (χ0v) is 10.5. The second-order valence-electron chi connectivity index (χ2n) is 4.34. The van der Waals surface area contributed by atoms with Crippen LogP contribution < -0.4 is 5.56 Å². The molecule has 4 heteroatoms. The summed E-state index contributed by atoms with van der Waals surface area (Å²) >= 11 is 0. The van der Waals surface area contributed by atoms with Crippen molar-refractivity contribution in [3.63, 3.8) is 0 Å². The fourth-order valence-electron chi connectivity index (χ4n) is 1.92. The molecular formula is C15H15NO3. The molecule has 0 atom stereocenters. The van der Waals surface area contributed by atoms with E-state index >= 15 is 0 Å². The topological polar surface area (TPSA) is 59.3 Å². The first-order valence-corrected chi connectivity index (χ1v) is 6.14. The minimum absolute atomic E-state index is 0.0318. The Morgan fingerprint density at radius 1 is 1.16 bits per heavy atom. The lowest BCUT2D eigenvalue weighted by Gasteiger charge is -2.06. The highest BCUT2D eigenvalue weighted by Crippen LogP contribution is 2.03. The third-order valence-electron chi connectivity index (χ3n) is 2.95. The van der Waals surface area contributed by atoms with Crippen LogP contribution in [0.25, 0.3) is 0 Å². The number of pyridine rings is 1. The van der Waals surface area contributed by atoms with E-state index in [-0.39, 0.29) is 11.1 Å². The van der Waals surface area contributed by atoms with Gasteiger partial charge in [0.2, 0.25) is 0 Å². The van der Waals surface area contributed by atoms with E-state index in [2.05, 4.69) is 12.1 Å². The molecular weight excluding hydrogens is 242 g/mol. The number of benzene rings is 1. The van der Waals surface area contributed by atoms with Crippen molar-refractivity contribution in [3.8, 4) is 0 Å². The van der Waals surface area contributed by atoms with E-state index < -0.39 is 5.97 Å². The number of aromatic carboxylic acids is 1. The maximum atomic E-state index is 11.7. The van der Waals surface area contributed by atoms with Crippen molar-refractivity contribution in [2.24, 2.45) is 0 Å². The zero-order valence-electron chi connectivity index (χ0n) is 10.5. The maximum absolute atomic E-state index is 11.7. The summed E-state index contributed by atoms with van der Waals surface area (Å²) in [6, 6.07) is 12.7. The van der Waals surface area contributed by atoms with Crippen LogP contribution in [0.3, 0.4) is 0 Å². The smallest absolute Gasteiger partial charge is 0.335 e. The summed E-state index contributed by atoms with van der Waals surface area (Å²) in [5.41, 5.74) is 0.995. The minimum Gasteiger partial charge on any atom is -0.478 e. The van der Waals surface area contributed by atoms with Crippen LogP contribution in [-0.4, -0.2) is 15.6 Å². The molecule has 19 heavy (non-hydrogen) atoms. The molecule has 1 aromatic heterocycles. The van der Waals surface area contributed by atoms with Gasteiger partial charge in [-0.15, -0.1) is 0 Å². The SMILES string of the molecule is O=C(O)c1ccn(CCCc2ccccc2)c(=O)c1. The van der Waals surface area contributed by atoms with Gasteiger partial charge in [-0.25, -0.2) is 4.79 Å². The lowest BCUT2D eigenvalue weighted by atomic mass is 10.1. The summed E-state index contributed by atoms with van der Waals surface area (Å²) in [4.78, 5) is 22.4. The number of rotatable bonds is 5. The van der Waals surface area contributed by atoms with Crippen molar-refractivity contribution in [1.29, 1.82) is 0 Å². The maximum Gasteiger partial charge on any atom is 0.335 e. The first-order valence-electron chi connectivity index (χ1n) is 6.14. The molecule has 0 spiro atoms. The number of carbonyl (C=O) groups is 1. The van der Waals surface area contributed by atoms with Crippen LogP contribution in [0.1, 0.15) is 22.3 Å². The standard InChI is InChI=1S/C15H15NO3/c17-14-11-13(15(18)19)8-10-16(14)9-4-7-12-5-2-1-3-6-12/h1-3,5-6,8,10-11H,4,7,9H2,(H,18,19). The predicted molar refractivity (Wildman–Crippen MR) is 72.4 cm³/mol. The van der Waals surface area contributed by atoms with Gasteiger partial charge < -0.3 is 9.67 Å². The van der Waals surface area contributed by atoms with E-state index in [1.165, 1.54) is 22.4 Å². The average molecular weight is 257 g/mol. The van der Waals surface area contributed by atoms with Crippen LogP contribution in [-0.2, 0) is 13.0 Å². The van der Waals surface area contributed by atoms with E-state index in [1.54, 1.807) is 0 Å². The van der Waals surface area contributed by atoms with E-state index in [0.29, 0.717) is 6.54 Å². The summed E-state index contributed by atoms with van der Waals surface area (Å²) in [5.74, 6) is -1.08. The fourth-order valence-corrected chi connectivity index (χ4v) is 1.92. The Balaban J connectivity index is 1.97. The molecule has 0 amide bonds. The quantitative estimate of drug-likeness (QED) is 0.893. The van der Waals surface area contributed by atoms with E-state index in [4.69, 9.17) is 5.11 Å². The monoisotopic (exact) mass is 257 g/mol. The average Bonchev–Trinajstić information content (AvgIpc) is 2.41. The van der Waals surface area contributed by atoms with Crippen molar-refractivity contribution in [2.75, 3.05) is 0 Å². The van der Waals surface area contributed by atoms with Gasteiger partial charge in [0, 0.05) is 18.8 Å². The summed E-state index contributed by atoms with van der Waals surface area (Å²) in [6.07, 6.45) is 3.28. The van der Waals surface area contributed by atoms with Crippen LogP contribution in [0.4, 0.5) is 0 Å². The van der Waals surface area contributed by atoms with Gasteiger partial charge in [-0.3, -0.25) is 4.79 Å². The Kier molecular flexibility index (Phi) is 4.13. The van der Waals surface area contributed by atoms with Crippen LogP contribution in [0.2, 0.25) is 0 Å². The third-order valence-corrected chi connectivity index (χ3v) is 2.95. The molecule has 0 aliphatic carbocycles. The van der Waals surface area contributed by atoms with Crippen molar-refractivity contribution in [2.45, 2.75) is 19.4 Å². The molecule has 0 bridgehead atoms. The molecule has 0 fully saturated rings. The number of aromatic nitrogens is 1. The zero-order chi connectivity index (χ0) is 13.7. The van der Waals surface area contributed by atoms with Crippen molar-refractivity contribution in [3.05, 3.63) is 70.1 Å². The molecule has 0 unspecified atom stereocenters. The molecule has 0 aliphatic rings. The van der Waals surface area contributed by atoms with Gasteiger partial charge >= 0.3 is 5.97 Å². The Labute approximate surface area is 110 Å². The number of hydrogen-bond acceptors (Lipinski definition) is 2. The highest BCUT2D eigenvalue weighted by molar-refractivity contribution is 5.87. The summed E-state index contributed by atoms with van der Waals surface area (Å²) in [7, 11) is 0. The van der Waals surface area contributed by atoms with Crippen LogP contribution in [0.5, 0.6) is 0 Å². The summed E-state index contributed by atoms with van der Waals surface area (Å²) in [6.45, 7) is 0.591. The molecule has 1 N–H and O–H groups in total. The number of carboxylic acids is 1. The van der Waals surface area contributed by atoms with Gasteiger partial charge in [0.15, 0.2) is 0 Å². The highest BCUT2D eigenvalue weighted by Gasteiger charge is 2.04. The van der Waals surface area contributed by atoms with Gasteiger partial charge in [-0.2, -0.15) is 0 Å². The Morgan fingerprint density at radius 2 is 1.89 bits per heavy atom. The molecule has 1 heterocycles. The van der Waals surface area contributed by atoms with Crippen LogP contribution in [0.15, 0.2) is 53.5 Å². The lowest BCUT2D eigenvalue weighted by molar-refractivity contribution is 0.0696. The fraction of sp³-hybridized carbons (Fsp3) is 0.200. The number of nitrogens with zero attached hydrogens (tertiary/aromatic N) is 1. The second-order valence-corrected chi connectivity index (χ2v) is 4.34. The van der Waals surface area contributed by atoms with E-state index in [9.17, 15) is 9.59 Å². The number of hydrogen-bond donors (Lipinski definition) is 1. The molecule has 1 aromatic carbocycles. The number of carboxylic acid groups (broad SMARTS) is 1. The van der Waals surface area contributed by atoms with Gasteiger partial charge in [0.05, 0.1) is 5.56 Å². The van der Waals surface area contributed by atoms with Gasteiger partial charge in [-0.05, 0) is 24.5 Å². The molecule has 0 radical (unpaired) electrons. The van der Waals surface area contributed by atoms with Crippen molar-refractivity contribution in [1.82, 2.24) is 4.57 Å². The third kappa shape index (κ3) is 3.55. The van der Waals surface area contributed by atoms with Crippen molar-refractivity contribution >= 4 is 5.97 Å². The molecule has 4 nitrogen and oxygen atoms in total. The minimum atomic E-state index is -1.08. The lowest BCUT2D eigenvalue weighted by Crippen LogP contribution is -2.20. The molecule has 0 saturated carbocycles. The van der Waals surface area contributed by atoms with E-state index in [0.717, 1.165) is 18.9 Å². The normalized spacial score (nSPS) is 10.3. The Bertz CT molecular complexity index is 617. The van der Waals surface area contributed by atoms with Crippen molar-refractivity contribution < 1.29 is 9.90 Å². The van der Waals surface area contributed by atoms with Gasteiger partial charge in [0.25, 0.3) is 5.56 Å². The van der Waals surface area contributed by atoms with Gasteiger partial charge in [0.1, 0.15) is 0 Å². The second kappa shape index (κ2) is 6.00. The van der Waals surface area contributed by atoms with E-state index in [1.807, 2.05) is 18.2 Å². The molecule has 98 valence electrons. The molecule has 2 aromatic rings. The molecule has 0 saturated heterocycles.